The van der Waals surface area contributed by atoms with E-state index in [2.05, 4.69) is 10.3 Å². The Balaban J connectivity index is 1.85. The Morgan fingerprint density at radius 2 is 1.76 bits per heavy atom. The zero-order chi connectivity index (χ0) is 15.1. The van der Waals surface area contributed by atoms with Gasteiger partial charge in [-0.05, 0) is 36.2 Å². The molecule has 0 aliphatic carbocycles. The van der Waals surface area contributed by atoms with E-state index in [-0.39, 0.29) is 0 Å². The van der Waals surface area contributed by atoms with Crippen molar-refractivity contribution in [2.75, 3.05) is 18.9 Å². The van der Waals surface area contributed by atoms with Crippen LogP contribution in [0.25, 0.3) is 0 Å². The SMILES string of the molecule is CN(CCc1ccncc1)C(=O)C(=O)Nc1ccccc1. The van der Waals surface area contributed by atoms with Crippen molar-refractivity contribution in [3.63, 3.8) is 0 Å². The van der Waals surface area contributed by atoms with Gasteiger partial charge in [-0.1, -0.05) is 18.2 Å². The molecule has 1 aromatic carbocycles. The fourth-order valence-corrected chi connectivity index (χ4v) is 1.83. The maximum atomic E-state index is 12.0. The van der Waals surface area contributed by atoms with Crippen LogP contribution in [-0.2, 0) is 16.0 Å². The number of hydrogen-bond donors (Lipinski definition) is 1. The number of likely N-dealkylation sites (N-methyl/N-ethyl adjacent to an activating group) is 1. The summed E-state index contributed by atoms with van der Waals surface area (Å²) in [5.74, 6) is -1.17. The molecule has 0 spiro atoms. The van der Waals surface area contributed by atoms with Crippen LogP contribution < -0.4 is 5.32 Å². The minimum atomic E-state index is -0.626. The highest BCUT2D eigenvalue weighted by Crippen LogP contribution is 2.05. The van der Waals surface area contributed by atoms with Crippen LogP contribution in [0, 0.1) is 0 Å². The lowest BCUT2D eigenvalue weighted by Crippen LogP contribution is -2.38. The number of amides is 2. The minimum Gasteiger partial charge on any atom is -0.337 e. The number of anilines is 1. The second-order valence-electron chi connectivity index (χ2n) is 4.65. The molecule has 0 atom stereocenters. The molecule has 2 aromatic rings. The van der Waals surface area contributed by atoms with Gasteiger partial charge in [-0.25, -0.2) is 0 Å². The molecule has 0 fully saturated rings. The third kappa shape index (κ3) is 4.42. The molecule has 108 valence electrons. The van der Waals surface area contributed by atoms with Crippen molar-refractivity contribution in [2.24, 2.45) is 0 Å². The standard InChI is InChI=1S/C16H17N3O2/c1-19(12-9-13-7-10-17-11-8-13)16(21)15(20)18-14-5-3-2-4-6-14/h2-8,10-11H,9,12H2,1H3,(H,18,20). The van der Waals surface area contributed by atoms with E-state index in [9.17, 15) is 9.59 Å². The molecule has 0 saturated carbocycles. The van der Waals surface area contributed by atoms with E-state index < -0.39 is 11.8 Å². The normalized spacial score (nSPS) is 9.95. The third-order valence-electron chi connectivity index (χ3n) is 3.06. The van der Waals surface area contributed by atoms with E-state index in [1.54, 1.807) is 43.7 Å². The van der Waals surface area contributed by atoms with Gasteiger partial charge in [0.2, 0.25) is 0 Å². The molecule has 1 aromatic heterocycles. The minimum absolute atomic E-state index is 0.477. The number of benzene rings is 1. The summed E-state index contributed by atoms with van der Waals surface area (Å²) in [6.45, 7) is 0.477. The molecule has 1 heterocycles. The van der Waals surface area contributed by atoms with Gasteiger partial charge >= 0.3 is 11.8 Å². The van der Waals surface area contributed by atoms with Crippen molar-refractivity contribution < 1.29 is 9.59 Å². The van der Waals surface area contributed by atoms with E-state index in [0.717, 1.165) is 5.56 Å². The topological polar surface area (TPSA) is 62.3 Å². The Bertz CT molecular complexity index is 599. The van der Waals surface area contributed by atoms with Gasteiger partial charge in [0, 0.05) is 31.7 Å². The highest BCUT2D eigenvalue weighted by molar-refractivity contribution is 6.39. The van der Waals surface area contributed by atoms with Crippen molar-refractivity contribution >= 4 is 17.5 Å². The molecule has 5 heteroatoms. The maximum absolute atomic E-state index is 12.0. The van der Waals surface area contributed by atoms with Gasteiger partial charge in [0.1, 0.15) is 0 Å². The van der Waals surface area contributed by atoms with Gasteiger partial charge in [0.25, 0.3) is 0 Å². The lowest BCUT2D eigenvalue weighted by atomic mass is 10.2. The molecule has 5 nitrogen and oxygen atoms in total. The lowest BCUT2D eigenvalue weighted by Gasteiger charge is -2.16. The average Bonchev–Trinajstić information content (AvgIpc) is 2.53. The van der Waals surface area contributed by atoms with E-state index in [1.165, 1.54) is 4.90 Å². The molecular formula is C16H17N3O2. The predicted octanol–water partition coefficient (Wildman–Crippen LogP) is 1.72. The van der Waals surface area contributed by atoms with Crippen molar-refractivity contribution in [1.29, 1.82) is 0 Å². The molecule has 0 radical (unpaired) electrons. The molecule has 0 unspecified atom stereocenters. The quantitative estimate of drug-likeness (QED) is 0.869. The van der Waals surface area contributed by atoms with Gasteiger partial charge in [0.05, 0.1) is 0 Å². The summed E-state index contributed by atoms with van der Waals surface area (Å²) in [5, 5.41) is 2.58. The number of nitrogens with one attached hydrogen (secondary N) is 1. The highest BCUT2D eigenvalue weighted by Gasteiger charge is 2.18. The van der Waals surface area contributed by atoms with Crippen LogP contribution in [0.2, 0.25) is 0 Å². The number of pyridine rings is 1. The highest BCUT2D eigenvalue weighted by atomic mass is 16.2. The summed E-state index contributed by atoms with van der Waals surface area (Å²) in [5.41, 5.74) is 1.69. The monoisotopic (exact) mass is 283 g/mol. The lowest BCUT2D eigenvalue weighted by molar-refractivity contribution is -0.142. The van der Waals surface area contributed by atoms with Gasteiger partial charge in [0.15, 0.2) is 0 Å². The predicted molar refractivity (Wildman–Crippen MR) is 80.6 cm³/mol. The van der Waals surface area contributed by atoms with Crippen LogP contribution in [0.4, 0.5) is 5.69 Å². The molecule has 1 N–H and O–H groups in total. The number of aromatic nitrogens is 1. The van der Waals surface area contributed by atoms with Crippen LogP contribution in [0.3, 0.4) is 0 Å². The summed E-state index contributed by atoms with van der Waals surface area (Å²) in [7, 11) is 1.62. The largest absolute Gasteiger partial charge is 0.337 e. The molecule has 0 aliphatic rings. The maximum Gasteiger partial charge on any atom is 0.313 e. The van der Waals surface area contributed by atoms with Crippen LogP contribution in [0.5, 0.6) is 0 Å². The number of para-hydroxylation sites is 1. The smallest absolute Gasteiger partial charge is 0.313 e. The molecule has 0 bridgehead atoms. The van der Waals surface area contributed by atoms with E-state index in [4.69, 9.17) is 0 Å². The number of carbonyl (C=O) groups excluding carboxylic acids is 2. The molecular weight excluding hydrogens is 266 g/mol. The zero-order valence-electron chi connectivity index (χ0n) is 11.8. The van der Waals surface area contributed by atoms with Crippen LogP contribution in [0.1, 0.15) is 5.56 Å². The fraction of sp³-hybridized carbons (Fsp3) is 0.188. The summed E-state index contributed by atoms with van der Waals surface area (Å²) < 4.78 is 0. The first kappa shape index (κ1) is 14.7. The Labute approximate surface area is 123 Å². The number of hydrogen-bond acceptors (Lipinski definition) is 3. The first-order valence-electron chi connectivity index (χ1n) is 6.67. The van der Waals surface area contributed by atoms with Gasteiger partial charge in [-0.15, -0.1) is 0 Å². The van der Waals surface area contributed by atoms with Crippen molar-refractivity contribution in [3.05, 3.63) is 60.4 Å². The van der Waals surface area contributed by atoms with Crippen molar-refractivity contribution in [2.45, 2.75) is 6.42 Å². The molecule has 0 aliphatic heterocycles. The zero-order valence-corrected chi connectivity index (χ0v) is 11.8. The summed E-state index contributed by atoms with van der Waals surface area (Å²) in [4.78, 5) is 29.2. The summed E-state index contributed by atoms with van der Waals surface area (Å²) in [6, 6.07) is 12.7. The van der Waals surface area contributed by atoms with E-state index in [1.807, 2.05) is 18.2 Å². The molecule has 0 saturated heterocycles. The van der Waals surface area contributed by atoms with Crippen LogP contribution >= 0.6 is 0 Å². The van der Waals surface area contributed by atoms with E-state index in [0.29, 0.717) is 18.7 Å². The Kier molecular flexibility index (Phi) is 5.04. The Morgan fingerprint density at radius 3 is 2.43 bits per heavy atom. The number of rotatable bonds is 4. The van der Waals surface area contributed by atoms with Gasteiger partial charge in [-0.3, -0.25) is 14.6 Å². The first-order chi connectivity index (χ1) is 10.2. The van der Waals surface area contributed by atoms with Gasteiger partial charge in [-0.2, -0.15) is 0 Å². The second kappa shape index (κ2) is 7.19. The van der Waals surface area contributed by atoms with Gasteiger partial charge < -0.3 is 10.2 Å². The fourth-order valence-electron chi connectivity index (χ4n) is 1.83. The average molecular weight is 283 g/mol. The van der Waals surface area contributed by atoms with E-state index >= 15 is 0 Å². The molecule has 2 rings (SSSR count). The number of nitrogens with zero attached hydrogens (tertiary/aromatic N) is 2. The first-order valence-corrected chi connectivity index (χ1v) is 6.67. The number of carbonyl (C=O) groups is 2. The second-order valence-corrected chi connectivity index (χ2v) is 4.65. The van der Waals surface area contributed by atoms with Crippen LogP contribution in [0.15, 0.2) is 54.9 Å². The molecule has 21 heavy (non-hydrogen) atoms. The van der Waals surface area contributed by atoms with Crippen molar-refractivity contribution in [3.8, 4) is 0 Å². The summed E-state index contributed by atoms with van der Waals surface area (Å²) >= 11 is 0. The van der Waals surface area contributed by atoms with Crippen molar-refractivity contribution in [1.82, 2.24) is 9.88 Å². The van der Waals surface area contributed by atoms with Crippen LogP contribution in [-0.4, -0.2) is 35.3 Å². The summed E-state index contributed by atoms with van der Waals surface area (Å²) in [6.07, 6.45) is 4.10. The third-order valence-corrected chi connectivity index (χ3v) is 3.06. The Hall–Kier alpha value is -2.69. The molecule has 2 amide bonds. The Morgan fingerprint density at radius 1 is 1.10 bits per heavy atom.